The summed E-state index contributed by atoms with van der Waals surface area (Å²) in [5, 5.41) is 10.6. The van der Waals surface area contributed by atoms with E-state index >= 15 is 0 Å². The number of hydrogen-bond donors (Lipinski definition) is 0. The van der Waals surface area contributed by atoms with Gasteiger partial charge in [0.1, 0.15) is 5.82 Å². The van der Waals surface area contributed by atoms with Crippen molar-refractivity contribution in [1.82, 2.24) is 0 Å². The van der Waals surface area contributed by atoms with Crippen LogP contribution in [0.1, 0.15) is 6.92 Å². The van der Waals surface area contributed by atoms with Crippen LogP contribution in [-0.4, -0.2) is 23.6 Å². The molecule has 19 heavy (non-hydrogen) atoms. The van der Waals surface area contributed by atoms with Crippen LogP contribution in [0, 0.1) is 15.9 Å². The lowest BCUT2D eigenvalue weighted by Gasteiger charge is -2.15. The predicted octanol–water partition coefficient (Wildman–Crippen LogP) is 2.27. The first kappa shape index (κ1) is 14.7. The van der Waals surface area contributed by atoms with Gasteiger partial charge >= 0.3 is 17.8 Å². The molecule has 0 atom stereocenters. The predicted molar refractivity (Wildman–Crippen MR) is 55.3 cm³/mol. The molecule has 0 saturated carbocycles. The Bertz CT molecular complexity index is 506. The molecule has 0 amide bonds. The molecule has 0 unspecified atom stereocenters. The highest BCUT2D eigenvalue weighted by molar-refractivity contribution is 5.76. The van der Waals surface area contributed by atoms with Gasteiger partial charge in [-0.3, -0.25) is 10.1 Å². The molecule has 0 bridgehead atoms. The van der Waals surface area contributed by atoms with Gasteiger partial charge in [-0.05, 0) is 19.1 Å². The molecule has 0 N–H and O–H groups in total. The molecule has 0 fully saturated rings. The first-order valence-electron chi connectivity index (χ1n) is 4.96. The Balaban J connectivity index is 3.05. The highest BCUT2D eigenvalue weighted by Gasteiger charge is 2.45. The summed E-state index contributed by atoms with van der Waals surface area (Å²) >= 11 is 0. The summed E-state index contributed by atoms with van der Waals surface area (Å²) in [5.41, 5.74) is -1.02. The molecule has 0 heterocycles. The van der Waals surface area contributed by atoms with Gasteiger partial charge in [-0.2, -0.15) is 8.78 Å². The van der Waals surface area contributed by atoms with Gasteiger partial charge in [-0.1, -0.05) is 0 Å². The Morgan fingerprint density at radius 1 is 1.47 bits per heavy atom. The molecule has 104 valence electrons. The van der Waals surface area contributed by atoms with Crippen molar-refractivity contribution >= 4 is 11.7 Å². The highest BCUT2D eigenvalue weighted by Crippen LogP contribution is 2.32. The smallest absolute Gasteiger partial charge is 0.459 e. The Labute approximate surface area is 104 Å². The van der Waals surface area contributed by atoms with Gasteiger partial charge in [0.25, 0.3) is 0 Å². The van der Waals surface area contributed by atoms with E-state index in [4.69, 9.17) is 0 Å². The molecule has 1 rings (SSSR count). The van der Waals surface area contributed by atoms with Gasteiger partial charge in [-0.25, -0.2) is 9.18 Å². The van der Waals surface area contributed by atoms with Crippen LogP contribution in [0.5, 0.6) is 5.75 Å². The molecular formula is C10H8F3NO5. The number of alkyl halides is 2. The quantitative estimate of drug-likeness (QED) is 0.469. The normalized spacial score (nSPS) is 10.9. The van der Waals surface area contributed by atoms with Gasteiger partial charge in [0, 0.05) is 0 Å². The maximum Gasteiger partial charge on any atom is 0.502 e. The van der Waals surface area contributed by atoms with E-state index in [0.29, 0.717) is 18.2 Å². The molecule has 0 aliphatic rings. The average molecular weight is 279 g/mol. The number of carbonyl (C=O) groups excluding carboxylic acids is 1. The van der Waals surface area contributed by atoms with Crippen molar-refractivity contribution in [3.8, 4) is 5.75 Å². The first-order valence-corrected chi connectivity index (χ1v) is 4.96. The minimum absolute atomic E-state index is 0.316. The van der Waals surface area contributed by atoms with Crippen LogP contribution < -0.4 is 4.74 Å². The van der Waals surface area contributed by atoms with Gasteiger partial charge in [0.15, 0.2) is 0 Å². The molecule has 0 radical (unpaired) electrons. The van der Waals surface area contributed by atoms with Gasteiger partial charge in [0.05, 0.1) is 17.6 Å². The summed E-state index contributed by atoms with van der Waals surface area (Å²) in [4.78, 5) is 20.3. The van der Waals surface area contributed by atoms with Crippen LogP contribution in [0.2, 0.25) is 0 Å². The van der Waals surface area contributed by atoms with Crippen LogP contribution in [-0.2, 0) is 9.53 Å². The standard InChI is InChI=1S/C10H8F3NO5/c1-2-18-9(15)10(12,13)19-8-4-3-6(11)5-7(8)14(16)17/h3-5H,2H2,1H3. The van der Waals surface area contributed by atoms with E-state index in [2.05, 4.69) is 9.47 Å². The van der Waals surface area contributed by atoms with Gasteiger partial charge in [0.2, 0.25) is 5.75 Å². The van der Waals surface area contributed by atoms with Crippen LogP contribution in [0.4, 0.5) is 18.9 Å². The van der Waals surface area contributed by atoms with Gasteiger partial charge in [-0.15, -0.1) is 0 Å². The monoisotopic (exact) mass is 279 g/mol. The van der Waals surface area contributed by atoms with Crippen molar-refractivity contribution in [3.63, 3.8) is 0 Å². The molecule has 1 aromatic carbocycles. The molecular weight excluding hydrogens is 271 g/mol. The highest BCUT2D eigenvalue weighted by atomic mass is 19.3. The first-order chi connectivity index (χ1) is 8.77. The summed E-state index contributed by atoms with van der Waals surface area (Å²) in [6.07, 6.45) is -4.40. The van der Waals surface area contributed by atoms with Gasteiger partial charge < -0.3 is 9.47 Å². The van der Waals surface area contributed by atoms with Crippen molar-refractivity contribution in [3.05, 3.63) is 34.1 Å². The number of carbonyl (C=O) groups is 1. The molecule has 0 aliphatic heterocycles. The topological polar surface area (TPSA) is 78.7 Å². The van der Waals surface area contributed by atoms with Crippen molar-refractivity contribution in [2.75, 3.05) is 6.61 Å². The minimum atomic E-state index is -4.40. The fourth-order valence-corrected chi connectivity index (χ4v) is 1.11. The molecule has 6 nitrogen and oxygen atoms in total. The largest absolute Gasteiger partial charge is 0.502 e. The second-order valence-electron chi connectivity index (χ2n) is 3.21. The zero-order valence-electron chi connectivity index (χ0n) is 9.56. The lowest BCUT2D eigenvalue weighted by Crippen LogP contribution is -2.37. The zero-order valence-corrected chi connectivity index (χ0v) is 9.56. The van der Waals surface area contributed by atoms with E-state index in [9.17, 15) is 28.1 Å². The van der Waals surface area contributed by atoms with Crippen molar-refractivity contribution in [2.45, 2.75) is 13.0 Å². The molecule has 9 heteroatoms. The van der Waals surface area contributed by atoms with E-state index in [1.807, 2.05) is 0 Å². The summed E-state index contributed by atoms with van der Waals surface area (Å²) in [6.45, 7) is 0.984. The number of nitro benzene ring substituents is 1. The lowest BCUT2D eigenvalue weighted by molar-refractivity contribution is -0.387. The van der Waals surface area contributed by atoms with E-state index in [1.165, 1.54) is 6.92 Å². The van der Waals surface area contributed by atoms with Crippen LogP contribution in [0.3, 0.4) is 0 Å². The Hall–Kier alpha value is -2.32. The number of halogens is 3. The van der Waals surface area contributed by atoms with E-state index in [1.54, 1.807) is 0 Å². The number of hydrogen-bond acceptors (Lipinski definition) is 5. The molecule has 0 aliphatic carbocycles. The van der Waals surface area contributed by atoms with Crippen LogP contribution >= 0.6 is 0 Å². The fourth-order valence-electron chi connectivity index (χ4n) is 1.11. The minimum Gasteiger partial charge on any atom is -0.459 e. The summed E-state index contributed by atoms with van der Waals surface area (Å²) < 4.78 is 47.2. The summed E-state index contributed by atoms with van der Waals surface area (Å²) in [7, 11) is 0. The Morgan fingerprint density at radius 3 is 2.63 bits per heavy atom. The average Bonchev–Trinajstić information content (AvgIpc) is 2.31. The number of nitrogens with zero attached hydrogens (tertiary/aromatic N) is 1. The Kier molecular flexibility index (Phi) is 4.30. The molecule has 0 spiro atoms. The maximum absolute atomic E-state index is 13.2. The third-order valence-corrected chi connectivity index (χ3v) is 1.87. The van der Waals surface area contributed by atoms with Crippen LogP contribution in [0.15, 0.2) is 18.2 Å². The zero-order chi connectivity index (χ0) is 14.6. The number of benzene rings is 1. The van der Waals surface area contributed by atoms with Crippen LogP contribution in [0.25, 0.3) is 0 Å². The number of nitro groups is 1. The fraction of sp³-hybridized carbons (Fsp3) is 0.300. The number of rotatable bonds is 5. The van der Waals surface area contributed by atoms with Crippen molar-refractivity contribution in [2.24, 2.45) is 0 Å². The molecule has 0 aromatic heterocycles. The van der Waals surface area contributed by atoms with Crippen molar-refractivity contribution in [1.29, 1.82) is 0 Å². The second-order valence-corrected chi connectivity index (χ2v) is 3.21. The van der Waals surface area contributed by atoms with E-state index in [-0.39, 0.29) is 6.61 Å². The summed E-state index contributed by atoms with van der Waals surface area (Å²) in [5.74, 6) is -3.93. The number of esters is 1. The second kappa shape index (κ2) is 5.55. The number of ether oxygens (including phenoxy) is 2. The lowest BCUT2D eigenvalue weighted by atomic mass is 10.3. The molecule has 1 aromatic rings. The summed E-state index contributed by atoms with van der Waals surface area (Å²) in [6, 6.07) is 1.71. The maximum atomic E-state index is 13.2. The molecule has 0 saturated heterocycles. The van der Waals surface area contributed by atoms with E-state index < -0.39 is 34.3 Å². The van der Waals surface area contributed by atoms with Crippen molar-refractivity contribution < 1.29 is 32.4 Å². The SMILES string of the molecule is CCOC(=O)C(F)(F)Oc1ccc(F)cc1[N+](=O)[O-]. The third kappa shape index (κ3) is 3.57. The van der Waals surface area contributed by atoms with E-state index in [0.717, 1.165) is 0 Å². The Morgan fingerprint density at radius 2 is 2.11 bits per heavy atom. The third-order valence-electron chi connectivity index (χ3n) is 1.87.